The van der Waals surface area contributed by atoms with Gasteiger partial charge in [-0.2, -0.15) is 0 Å². The third kappa shape index (κ3) is 6.45. The number of hydrogen-bond acceptors (Lipinski definition) is 4. The lowest BCUT2D eigenvalue weighted by Gasteiger charge is -2.21. The highest BCUT2D eigenvalue weighted by Crippen LogP contribution is 2.32. The zero-order valence-electron chi connectivity index (χ0n) is 23.6. The van der Waals surface area contributed by atoms with Gasteiger partial charge in [-0.05, 0) is 67.7 Å². The van der Waals surface area contributed by atoms with Gasteiger partial charge in [-0.1, -0.05) is 75.6 Å². The van der Waals surface area contributed by atoms with Crippen LogP contribution < -0.4 is 5.32 Å². The first-order chi connectivity index (χ1) is 19.6. The Kier molecular flexibility index (Phi) is 8.97. The van der Waals surface area contributed by atoms with E-state index in [2.05, 4.69) is 41.2 Å². The van der Waals surface area contributed by atoms with Crippen LogP contribution in [-0.2, 0) is 6.54 Å². The van der Waals surface area contributed by atoms with Gasteiger partial charge in [-0.25, -0.2) is 4.99 Å². The molecule has 0 bridgehead atoms. The van der Waals surface area contributed by atoms with E-state index in [4.69, 9.17) is 4.99 Å². The number of aliphatic imine (C=N–C) groups is 1. The molecule has 6 nitrogen and oxygen atoms in total. The Morgan fingerprint density at radius 1 is 0.950 bits per heavy atom. The van der Waals surface area contributed by atoms with Crippen molar-refractivity contribution in [1.29, 1.82) is 0 Å². The van der Waals surface area contributed by atoms with Gasteiger partial charge >= 0.3 is 0 Å². The molecule has 0 spiro atoms. The number of aromatic amines is 1. The Balaban J connectivity index is 1.48. The van der Waals surface area contributed by atoms with Crippen LogP contribution in [0.4, 0.5) is 5.69 Å². The minimum atomic E-state index is -0.0823. The van der Waals surface area contributed by atoms with Crippen molar-refractivity contribution in [3.05, 3.63) is 95.1 Å². The molecule has 1 heterocycles. The third-order valence-electron chi connectivity index (χ3n) is 8.08. The molecule has 40 heavy (non-hydrogen) atoms. The normalized spacial score (nSPS) is 14.6. The van der Waals surface area contributed by atoms with Gasteiger partial charge in [0.1, 0.15) is 0 Å². The van der Waals surface area contributed by atoms with Crippen LogP contribution in [-0.4, -0.2) is 46.2 Å². The molecule has 0 saturated heterocycles. The molecule has 5 rings (SSSR count). The van der Waals surface area contributed by atoms with Crippen LogP contribution in [0.15, 0.2) is 77.8 Å². The average Bonchev–Trinajstić information content (AvgIpc) is 3.33. The first-order valence-corrected chi connectivity index (χ1v) is 14.6. The number of aromatic nitrogens is 1. The predicted molar refractivity (Wildman–Crippen MR) is 164 cm³/mol. The molecule has 0 aliphatic heterocycles. The number of hydrogen-bond donors (Lipinski definition) is 3. The highest BCUT2D eigenvalue weighted by atomic mass is 16.3. The summed E-state index contributed by atoms with van der Waals surface area (Å²) in [4.78, 5) is 23.6. The number of rotatable bonds is 10. The second-order valence-electron chi connectivity index (χ2n) is 10.8. The summed E-state index contributed by atoms with van der Waals surface area (Å²) in [5.74, 6) is 0.514. The fraction of sp³-hybridized carbons (Fsp3) is 0.353. The summed E-state index contributed by atoms with van der Waals surface area (Å²) in [5, 5.41) is 15.0. The minimum absolute atomic E-state index is 0.0375. The van der Waals surface area contributed by atoms with E-state index >= 15 is 0 Å². The van der Waals surface area contributed by atoms with Gasteiger partial charge in [-0.15, -0.1) is 0 Å². The number of fused-ring (bicyclic) bond motifs is 1. The van der Waals surface area contributed by atoms with Crippen molar-refractivity contribution < 1.29 is 9.90 Å². The monoisotopic (exact) mass is 536 g/mol. The Labute approximate surface area is 237 Å². The van der Waals surface area contributed by atoms with Crippen LogP contribution in [0.1, 0.15) is 73.0 Å². The number of carbonyl (C=O) groups is 1. The van der Waals surface area contributed by atoms with Crippen LogP contribution in [0.2, 0.25) is 0 Å². The summed E-state index contributed by atoms with van der Waals surface area (Å²) in [5.41, 5.74) is 5.51. The minimum Gasteiger partial charge on any atom is -0.494 e. The number of aromatic hydroxyl groups is 1. The molecular weight excluding hydrogens is 496 g/mol. The van der Waals surface area contributed by atoms with Gasteiger partial charge in [0.05, 0.1) is 17.0 Å². The fourth-order valence-corrected chi connectivity index (χ4v) is 5.66. The first kappa shape index (κ1) is 27.7. The van der Waals surface area contributed by atoms with Gasteiger partial charge < -0.3 is 15.4 Å². The van der Waals surface area contributed by atoms with E-state index in [0.717, 1.165) is 41.8 Å². The van der Waals surface area contributed by atoms with E-state index < -0.39 is 0 Å². The van der Waals surface area contributed by atoms with E-state index in [1.165, 1.54) is 37.7 Å². The van der Waals surface area contributed by atoms with E-state index in [9.17, 15) is 9.90 Å². The molecule has 1 saturated carbocycles. The molecule has 6 heteroatoms. The zero-order chi connectivity index (χ0) is 27.9. The van der Waals surface area contributed by atoms with Crippen molar-refractivity contribution in [1.82, 2.24) is 15.2 Å². The lowest BCUT2D eigenvalue weighted by atomic mass is 9.89. The highest BCUT2D eigenvalue weighted by Gasteiger charge is 2.21. The second-order valence-corrected chi connectivity index (χ2v) is 10.8. The van der Waals surface area contributed by atoms with Crippen molar-refractivity contribution in [3.8, 4) is 5.88 Å². The fourth-order valence-electron chi connectivity index (χ4n) is 5.66. The average molecular weight is 537 g/mol. The maximum atomic E-state index is 13.1. The Morgan fingerprint density at radius 3 is 2.38 bits per heavy atom. The Hall–Kier alpha value is -3.90. The van der Waals surface area contributed by atoms with E-state index in [0.29, 0.717) is 29.3 Å². The highest BCUT2D eigenvalue weighted by molar-refractivity contribution is 6.22. The molecule has 4 aromatic rings. The smallest absolute Gasteiger partial charge is 0.251 e. The summed E-state index contributed by atoms with van der Waals surface area (Å²) in [6.45, 7) is 7.98. The standard InChI is InChI=1S/C34H40N4O2/c1-3-38(4-2)23-25-15-18-28(19-16-25)36-32(26-13-9-6-10-14-26)31-29-21-27(17-20-30(29)37-34(31)40)33(39)35-22-24-11-7-5-8-12-24/h6,9-10,13-21,24,37,40H,3-5,7-8,11-12,22-23H2,1-2H3,(H,35,39). The Morgan fingerprint density at radius 2 is 1.68 bits per heavy atom. The van der Waals surface area contributed by atoms with Crippen LogP contribution in [0.3, 0.4) is 0 Å². The summed E-state index contributed by atoms with van der Waals surface area (Å²) < 4.78 is 0. The van der Waals surface area contributed by atoms with Crippen molar-refractivity contribution in [2.24, 2.45) is 10.9 Å². The van der Waals surface area contributed by atoms with Crippen LogP contribution in [0.25, 0.3) is 10.9 Å². The van der Waals surface area contributed by atoms with Crippen molar-refractivity contribution in [2.75, 3.05) is 19.6 Å². The van der Waals surface area contributed by atoms with E-state index in [-0.39, 0.29) is 11.8 Å². The summed E-state index contributed by atoms with van der Waals surface area (Å²) in [6.07, 6.45) is 6.16. The molecule has 3 N–H and O–H groups in total. The molecule has 3 aromatic carbocycles. The molecule has 0 unspecified atom stereocenters. The SMILES string of the molecule is CCN(CC)Cc1ccc(N=C(c2ccccc2)c2c(O)[nH]c3ccc(C(=O)NCC4CCCCC4)cc23)cc1. The number of H-pyrrole nitrogens is 1. The number of benzene rings is 3. The largest absolute Gasteiger partial charge is 0.494 e. The number of nitrogens with zero attached hydrogens (tertiary/aromatic N) is 2. The van der Waals surface area contributed by atoms with Gasteiger partial charge in [0.15, 0.2) is 5.88 Å². The maximum Gasteiger partial charge on any atom is 0.251 e. The molecule has 1 aliphatic carbocycles. The van der Waals surface area contributed by atoms with Crippen LogP contribution >= 0.6 is 0 Å². The van der Waals surface area contributed by atoms with Crippen LogP contribution in [0.5, 0.6) is 5.88 Å². The summed E-state index contributed by atoms with van der Waals surface area (Å²) in [6, 6.07) is 23.7. The quantitative estimate of drug-likeness (QED) is 0.188. The Bertz CT molecular complexity index is 1450. The molecule has 208 valence electrons. The molecule has 1 aromatic heterocycles. The van der Waals surface area contributed by atoms with Crippen LogP contribution in [0, 0.1) is 5.92 Å². The lowest BCUT2D eigenvalue weighted by molar-refractivity contribution is 0.0943. The number of nitrogens with one attached hydrogen (secondary N) is 2. The third-order valence-corrected chi connectivity index (χ3v) is 8.08. The van der Waals surface area contributed by atoms with Crippen molar-refractivity contribution >= 4 is 28.2 Å². The number of carbonyl (C=O) groups excluding carboxylic acids is 1. The molecular formula is C34H40N4O2. The van der Waals surface area contributed by atoms with E-state index in [1.54, 1.807) is 0 Å². The maximum absolute atomic E-state index is 13.1. The molecule has 0 atom stereocenters. The predicted octanol–water partition coefficient (Wildman–Crippen LogP) is 7.19. The molecule has 1 fully saturated rings. The first-order valence-electron chi connectivity index (χ1n) is 14.6. The van der Waals surface area contributed by atoms with E-state index in [1.807, 2.05) is 60.7 Å². The second kappa shape index (κ2) is 13.0. The van der Waals surface area contributed by atoms with Crippen molar-refractivity contribution in [2.45, 2.75) is 52.5 Å². The van der Waals surface area contributed by atoms with Gasteiger partial charge in [0, 0.05) is 35.1 Å². The lowest BCUT2D eigenvalue weighted by Crippen LogP contribution is -2.30. The summed E-state index contributed by atoms with van der Waals surface area (Å²) >= 11 is 0. The van der Waals surface area contributed by atoms with Gasteiger partial charge in [0.2, 0.25) is 0 Å². The topological polar surface area (TPSA) is 80.7 Å². The summed E-state index contributed by atoms with van der Waals surface area (Å²) in [7, 11) is 0. The molecule has 1 amide bonds. The van der Waals surface area contributed by atoms with Gasteiger partial charge in [0.25, 0.3) is 5.91 Å². The molecule has 1 aliphatic rings. The van der Waals surface area contributed by atoms with Gasteiger partial charge in [-0.3, -0.25) is 9.69 Å². The van der Waals surface area contributed by atoms with Crippen molar-refractivity contribution in [3.63, 3.8) is 0 Å². The molecule has 0 radical (unpaired) electrons. The number of amides is 1. The zero-order valence-corrected chi connectivity index (χ0v) is 23.6.